The minimum Gasteiger partial charge on any atom is -0.397 e. The van der Waals surface area contributed by atoms with E-state index in [1.54, 1.807) is 12.3 Å². The molecule has 0 aliphatic heterocycles. The summed E-state index contributed by atoms with van der Waals surface area (Å²) in [5.74, 6) is 0. The summed E-state index contributed by atoms with van der Waals surface area (Å²) in [6.07, 6.45) is 6.30. The highest BCUT2D eigenvalue weighted by molar-refractivity contribution is 7.99. The lowest BCUT2D eigenvalue weighted by atomic mass is 10.3. The van der Waals surface area contributed by atoms with Crippen molar-refractivity contribution in [2.75, 3.05) is 5.73 Å². The molecule has 1 saturated carbocycles. The first-order chi connectivity index (χ1) is 9.24. The minimum atomic E-state index is 0.394. The Hall–Kier alpha value is -1.34. The summed E-state index contributed by atoms with van der Waals surface area (Å²) in [5, 5.41) is 13.8. The molecule has 0 unspecified atom stereocenters. The van der Waals surface area contributed by atoms with Crippen LogP contribution in [0.4, 0.5) is 5.69 Å². The zero-order valence-corrected chi connectivity index (χ0v) is 11.7. The van der Waals surface area contributed by atoms with Gasteiger partial charge in [0.15, 0.2) is 0 Å². The quantitative estimate of drug-likeness (QED) is 0.937. The van der Waals surface area contributed by atoms with Crippen LogP contribution in [0.3, 0.4) is 0 Å². The van der Waals surface area contributed by atoms with Crippen molar-refractivity contribution in [2.24, 2.45) is 0 Å². The Balaban J connectivity index is 1.85. The van der Waals surface area contributed by atoms with Crippen molar-refractivity contribution in [1.82, 2.24) is 25.2 Å². The molecule has 2 aromatic rings. The SMILES string of the molecule is Nc1cnc(Sc2nnnn2C2CCCC2)c(Cl)c1. The van der Waals surface area contributed by atoms with Crippen LogP contribution >= 0.6 is 23.4 Å². The van der Waals surface area contributed by atoms with E-state index in [4.69, 9.17) is 17.3 Å². The Labute approximate surface area is 119 Å². The molecule has 2 heterocycles. The van der Waals surface area contributed by atoms with Gasteiger partial charge in [-0.15, -0.1) is 5.10 Å². The van der Waals surface area contributed by atoms with Crippen LogP contribution in [-0.2, 0) is 0 Å². The number of rotatable bonds is 3. The van der Waals surface area contributed by atoms with Crippen LogP contribution < -0.4 is 5.73 Å². The normalized spacial score (nSPS) is 16.1. The molecular formula is C11H13ClN6S. The fourth-order valence-electron chi connectivity index (χ4n) is 2.23. The first-order valence-electron chi connectivity index (χ1n) is 6.11. The lowest BCUT2D eigenvalue weighted by Crippen LogP contribution is -2.08. The molecule has 0 amide bonds. The monoisotopic (exact) mass is 296 g/mol. The standard InChI is InChI=1S/C11H13ClN6S/c12-9-5-7(13)6-14-10(9)19-11-15-16-17-18(11)8-3-1-2-4-8/h5-6,8H,1-4,13H2. The number of halogens is 1. The van der Waals surface area contributed by atoms with Gasteiger partial charge in [-0.1, -0.05) is 24.4 Å². The highest BCUT2D eigenvalue weighted by Crippen LogP contribution is 2.35. The van der Waals surface area contributed by atoms with Crippen molar-refractivity contribution >= 4 is 29.1 Å². The summed E-state index contributed by atoms with van der Waals surface area (Å²) in [6, 6.07) is 2.07. The molecule has 0 bridgehead atoms. The topological polar surface area (TPSA) is 82.5 Å². The van der Waals surface area contributed by atoms with E-state index < -0.39 is 0 Å². The van der Waals surface area contributed by atoms with Gasteiger partial charge in [0.25, 0.3) is 0 Å². The summed E-state index contributed by atoms with van der Waals surface area (Å²) in [7, 11) is 0. The molecule has 2 N–H and O–H groups in total. The van der Waals surface area contributed by atoms with Crippen LogP contribution in [0.2, 0.25) is 5.02 Å². The van der Waals surface area contributed by atoms with Gasteiger partial charge in [-0.3, -0.25) is 0 Å². The van der Waals surface area contributed by atoms with E-state index >= 15 is 0 Å². The highest BCUT2D eigenvalue weighted by atomic mass is 35.5. The van der Waals surface area contributed by atoms with E-state index in [0.717, 1.165) is 18.0 Å². The molecule has 2 aromatic heterocycles. The van der Waals surface area contributed by atoms with E-state index in [0.29, 0.717) is 21.8 Å². The third kappa shape index (κ3) is 2.66. The number of tetrazole rings is 1. The van der Waals surface area contributed by atoms with Gasteiger partial charge in [0.1, 0.15) is 5.03 Å². The van der Waals surface area contributed by atoms with E-state index in [-0.39, 0.29) is 0 Å². The molecule has 19 heavy (non-hydrogen) atoms. The van der Waals surface area contributed by atoms with Crippen molar-refractivity contribution in [3.05, 3.63) is 17.3 Å². The summed E-state index contributed by atoms with van der Waals surface area (Å²) < 4.78 is 1.88. The molecule has 0 aromatic carbocycles. The van der Waals surface area contributed by atoms with Crippen molar-refractivity contribution < 1.29 is 0 Å². The Morgan fingerprint density at radius 3 is 2.89 bits per heavy atom. The van der Waals surface area contributed by atoms with E-state index in [1.165, 1.54) is 24.6 Å². The Kier molecular flexibility index (Phi) is 3.56. The highest BCUT2D eigenvalue weighted by Gasteiger charge is 2.22. The molecular weight excluding hydrogens is 284 g/mol. The third-order valence-electron chi connectivity index (χ3n) is 3.15. The third-order valence-corrected chi connectivity index (χ3v) is 4.52. The van der Waals surface area contributed by atoms with Crippen LogP contribution in [0, 0.1) is 0 Å². The number of nitrogen functional groups attached to an aromatic ring is 1. The van der Waals surface area contributed by atoms with Gasteiger partial charge in [-0.05, 0) is 41.1 Å². The largest absolute Gasteiger partial charge is 0.397 e. The van der Waals surface area contributed by atoms with E-state index in [2.05, 4.69) is 20.5 Å². The minimum absolute atomic E-state index is 0.394. The van der Waals surface area contributed by atoms with Crippen LogP contribution in [-0.4, -0.2) is 25.2 Å². The predicted molar refractivity (Wildman–Crippen MR) is 73.1 cm³/mol. The Morgan fingerprint density at radius 1 is 1.37 bits per heavy atom. The number of pyridine rings is 1. The molecule has 1 fully saturated rings. The Morgan fingerprint density at radius 2 is 2.16 bits per heavy atom. The lowest BCUT2D eigenvalue weighted by Gasteiger charge is -2.10. The molecule has 3 rings (SSSR count). The number of hydrogen-bond acceptors (Lipinski definition) is 6. The maximum atomic E-state index is 6.12. The number of hydrogen-bond donors (Lipinski definition) is 1. The second kappa shape index (κ2) is 5.34. The smallest absolute Gasteiger partial charge is 0.215 e. The summed E-state index contributed by atoms with van der Waals surface area (Å²) in [6.45, 7) is 0. The molecule has 100 valence electrons. The van der Waals surface area contributed by atoms with Crippen molar-refractivity contribution in [3.63, 3.8) is 0 Å². The van der Waals surface area contributed by atoms with E-state index in [1.807, 2.05) is 4.68 Å². The van der Waals surface area contributed by atoms with Crippen LogP contribution in [0.1, 0.15) is 31.7 Å². The second-order valence-corrected chi connectivity index (χ2v) is 5.87. The van der Waals surface area contributed by atoms with Gasteiger partial charge in [0, 0.05) is 0 Å². The molecule has 6 nitrogen and oxygen atoms in total. The number of aromatic nitrogens is 5. The fourth-order valence-corrected chi connectivity index (χ4v) is 3.31. The van der Waals surface area contributed by atoms with Crippen LogP contribution in [0.25, 0.3) is 0 Å². The van der Waals surface area contributed by atoms with Crippen molar-refractivity contribution in [2.45, 2.75) is 41.9 Å². The first kappa shape index (κ1) is 12.7. The number of nitrogens with zero attached hydrogens (tertiary/aromatic N) is 5. The zero-order chi connectivity index (χ0) is 13.2. The molecule has 0 saturated heterocycles. The Bertz CT molecular complexity index is 580. The zero-order valence-electron chi connectivity index (χ0n) is 10.2. The predicted octanol–water partition coefficient (Wildman–Crippen LogP) is 2.57. The fraction of sp³-hybridized carbons (Fsp3) is 0.455. The van der Waals surface area contributed by atoms with Crippen LogP contribution in [0.15, 0.2) is 22.4 Å². The molecule has 1 aliphatic rings. The summed E-state index contributed by atoms with van der Waals surface area (Å²) in [5.41, 5.74) is 6.17. The summed E-state index contributed by atoms with van der Waals surface area (Å²) >= 11 is 7.49. The van der Waals surface area contributed by atoms with Crippen molar-refractivity contribution in [1.29, 1.82) is 0 Å². The van der Waals surface area contributed by atoms with Gasteiger partial charge in [0.05, 0.1) is 22.9 Å². The maximum absolute atomic E-state index is 6.12. The summed E-state index contributed by atoms with van der Waals surface area (Å²) in [4.78, 5) is 4.22. The molecule has 0 atom stereocenters. The molecule has 1 aliphatic carbocycles. The van der Waals surface area contributed by atoms with Gasteiger partial charge < -0.3 is 5.73 Å². The van der Waals surface area contributed by atoms with Gasteiger partial charge in [-0.2, -0.15) is 0 Å². The molecule has 8 heteroatoms. The van der Waals surface area contributed by atoms with Gasteiger partial charge in [0.2, 0.25) is 5.16 Å². The molecule has 0 radical (unpaired) electrons. The number of anilines is 1. The molecule has 0 spiro atoms. The first-order valence-corrected chi connectivity index (χ1v) is 7.30. The number of nitrogens with two attached hydrogens (primary N) is 1. The average Bonchev–Trinajstić information content (AvgIpc) is 3.03. The average molecular weight is 297 g/mol. The van der Waals surface area contributed by atoms with E-state index in [9.17, 15) is 0 Å². The maximum Gasteiger partial charge on any atom is 0.215 e. The van der Waals surface area contributed by atoms with Gasteiger partial charge in [-0.25, -0.2) is 9.67 Å². The second-order valence-electron chi connectivity index (χ2n) is 4.50. The van der Waals surface area contributed by atoms with Crippen LogP contribution in [0.5, 0.6) is 0 Å². The van der Waals surface area contributed by atoms with Crippen molar-refractivity contribution in [3.8, 4) is 0 Å². The van der Waals surface area contributed by atoms with Gasteiger partial charge >= 0.3 is 0 Å². The lowest BCUT2D eigenvalue weighted by molar-refractivity contribution is 0.423.